The Labute approximate surface area is 101 Å². The first-order valence-corrected chi connectivity index (χ1v) is 8.63. The molecule has 0 saturated heterocycles. The van der Waals surface area contributed by atoms with Gasteiger partial charge in [-0.3, -0.25) is 4.21 Å². The van der Waals surface area contributed by atoms with Crippen LogP contribution in [0.5, 0.6) is 0 Å². The van der Waals surface area contributed by atoms with E-state index < -0.39 is 25.4 Å². The van der Waals surface area contributed by atoms with Crippen LogP contribution in [0, 0.1) is 0 Å². The molecule has 0 heterocycles. The molecule has 2 N–H and O–H groups in total. The van der Waals surface area contributed by atoms with Gasteiger partial charge in [0.25, 0.3) is 0 Å². The smallest absolute Gasteiger partial charge is 0.227 e. The molecule has 0 aliphatic rings. The maximum Gasteiger partial charge on any atom is 0.227 e. The molecule has 98 valence electrons. The molecule has 0 aliphatic heterocycles. The van der Waals surface area contributed by atoms with Crippen molar-refractivity contribution in [3.05, 3.63) is 0 Å². The van der Waals surface area contributed by atoms with E-state index in [0.29, 0.717) is 12.8 Å². The molecule has 5 nitrogen and oxygen atoms in total. The maximum absolute atomic E-state index is 11.8. The lowest BCUT2D eigenvalue weighted by Gasteiger charge is -2.15. The number of rotatable bonds is 9. The van der Waals surface area contributed by atoms with E-state index in [1.165, 1.54) is 6.26 Å². The standard InChI is InChI=1S/C9H22N2O3S2/c1-4-6-9(15(3)12)16(13,14)11-8-10-7-5-2/h9-11H,4-8H2,1-3H3. The van der Waals surface area contributed by atoms with E-state index >= 15 is 0 Å². The molecule has 0 radical (unpaired) electrons. The third-order valence-electron chi connectivity index (χ3n) is 2.07. The Bertz CT molecular complexity index is 304. The second-order valence-electron chi connectivity index (χ2n) is 3.58. The quantitative estimate of drug-likeness (QED) is 0.469. The van der Waals surface area contributed by atoms with Gasteiger partial charge in [-0.15, -0.1) is 0 Å². The van der Waals surface area contributed by atoms with Gasteiger partial charge in [0.15, 0.2) is 0 Å². The number of nitrogens with one attached hydrogen (secondary N) is 2. The fourth-order valence-corrected chi connectivity index (χ4v) is 4.48. The molecule has 2 atom stereocenters. The van der Waals surface area contributed by atoms with Crippen molar-refractivity contribution in [1.29, 1.82) is 0 Å². The highest BCUT2D eigenvalue weighted by Crippen LogP contribution is 2.10. The van der Waals surface area contributed by atoms with Gasteiger partial charge < -0.3 is 5.32 Å². The zero-order valence-corrected chi connectivity index (χ0v) is 11.8. The summed E-state index contributed by atoms with van der Waals surface area (Å²) in [5, 5.41) is 2.94. The zero-order chi connectivity index (χ0) is 12.6. The van der Waals surface area contributed by atoms with E-state index in [1.807, 2.05) is 13.8 Å². The Morgan fingerprint density at radius 2 is 1.88 bits per heavy atom. The lowest BCUT2D eigenvalue weighted by atomic mass is 10.4. The van der Waals surface area contributed by atoms with Crippen molar-refractivity contribution in [2.45, 2.75) is 37.7 Å². The van der Waals surface area contributed by atoms with Crippen LogP contribution in [0.25, 0.3) is 0 Å². The number of sulfonamides is 1. The van der Waals surface area contributed by atoms with E-state index in [0.717, 1.165) is 13.0 Å². The first-order chi connectivity index (χ1) is 7.45. The SMILES string of the molecule is CCCNCNS(=O)(=O)C(CCC)S(C)=O. The summed E-state index contributed by atoms with van der Waals surface area (Å²) in [6, 6.07) is 0. The predicted molar refractivity (Wildman–Crippen MR) is 68.0 cm³/mol. The van der Waals surface area contributed by atoms with Crippen LogP contribution in [-0.2, 0) is 20.8 Å². The Hall–Kier alpha value is 0.0200. The van der Waals surface area contributed by atoms with E-state index in [1.54, 1.807) is 0 Å². The minimum absolute atomic E-state index is 0.202. The molecule has 0 rings (SSSR count). The van der Waals surface area contributed by atoms with Gasteiger partial charge in [0.05, 0.1) is 6.67 Å². The summed E-state index contributed by atoms with van der Waals surface area (Å²) < 4.78 is 36.5. The maximum atomic E-state index is 11.8. The van der Waals surface area contributed by atoms with Crippen molar-refractivity contribution in [2.75, 3.05) is 19.5 Å². The van der Waals surface area contributed by atoms with Crippen LogP contribution < -0.4 is 10.0 Å². The summed E-state index contributed by atoms with van der Waals surface area (Å²) >= 11 is 0. The van der Waals surface area contributed by atoms with Crippen LogP contribution >= 0.6 is 0 Å². The van der Waals surface area contributed by atoms with Crippen LogP contribution in [0.2, 0.25) is 0 Å². The van der Waals surface area contributed by atoms with Crippen molar-refractivity contribution in [3.63, 3.8) is 0 Å². The summed E-state index contributed by atoms with van der Waals surface area (Å²) in [4.78, 5) is 0. The average Bonchev–Trinajstić information content (AvgIpc) is 2.20. The third kappa shape index (κ3) is 5.93. The van der Waals surface area contributed by atoms with Crippen LogP contribution in [0.3, 0.4) is 0 Å². The molecular formula is C9H22N2O3S2. The molecule has 2 unspecified atom stereocenters. The molecule has 0 amide bonds. The molecule has 0 saturated carbocycles. The molecule has 16 heavy (non-hydrogen) atoms. The van der Waals surface area contributed by atoms with E-state index in [-0.39, 0.29) is 6.67 Å². The third-order valence-corrected chi connectivity index (χ3v) is 6.09. The minimum Gasteiger partial charge on any atom is -0.304 e. The fourth-order valence-electron chi connectivity index (χ4n) is 1.24. The van der Waals surface area contributed by atoms with Gasteiger partial charge >= 0.3 is 0 Å². The molecule has 0 spiro atoms. The Morgan fingerprint density at radius 1 is 1.25 bits per heavy atom. The van der Waals surface area contributed by atoms with Gasteiger partial charge in [0.1, 0.15) is 4.58 Å². The van der Waals surface area contributed by atoms with Crippen molar-refractivity contribution in [2.24, 2.45) is 0 Å². The molecule has 0 fully saturated rings. The predicted octanol–water partition coefficient (Wildman–Crippen LogP) is 0.368. The summed E-state index contributed by atoms with van der Waals surface area (Å²) in [5.41, 5.74) is 0. The highest BCUT2D eigenvalue weighted by atomic mass is 32.3. The van der Waals surface area contributed by atoms with Crippen LogP contribution in [0.4, 0.5) is 0 Å². The van der Waals surface area contributed by atoms with Gasteiger partial charge in [-0.2, -0.15) is 0 Å². The Balaban J connectivity index is 4.31. The first kappa shape index (κ1) is 16.0. The van der Waals surface area contributed by atoms with Crippen molar-refractivity contribution < 1.29 is 12.6 Å². The topological polar surface area (TPSA) is 75.3 Å². The summed E-state index contributed by atoms with van der Waals surface area (Å²) in [7, 11) is -4.84. The normalized spacial score (nSPS) is 15.9. The summed E-state index contributed by atoms with van der Waals surface area (Å²) in [5.74, 6) is 0. The average molecular weight is 270 g/mol. The molecular weight excluding hydrogens is 248 g/mol. The summed E-state index contributed by atoms with van der Waals surface area (Å²) in [6.45, 7) is 4.84. The molecule has 7 heteroatoms. The van der Waals surface area contributed by atoms with Crippen LogP contribution in [0.1, 0.15) is 33.1 Å². The second kappa shape index (κ2) is 8.16. The second-order valence-corrected chi connectivity index (χ2v) is 7.40. The summed E-state index contributed by atoms with van der Waals surface area (Å²) in [6.07, 6.45) is 3.50. The van der Waals surface area contributed by atoms with Gasteiger partial charge in [-0.05, 0) is 19.4 Å². The largest absolute Gasteiger partial charge is 0.304 e. The van der Waals surface area contributed by atoms with E-state index in [4.69, 9.17) is 0 Å². The lowest BCUT2D eigenvalue weighted by Crippen LogP contribution is -2.41. The Kier molecular flexibility index (Phi) is 8.17. The zero-order valence-electron chi connectivity index (χ0n) is 10.2. The monoisotopic (exact) mass is 270 g/mol. The van der Waals surface area contributed by atoms with Crippen molar-refractivity contribution in [1.82, 2.24) is 10.0 Å². The number of hydrogen-bond donors (Lipinski definition) is 2. The van der Waals surface area contributed by atoms with Gasteiger partial charge in [-0.25, -0.2) is 13.1 Å². The van der Waals surface area contributed by atoms with Gasteiger partial charge in [0, 0.05) is 17.1 Å². The minimum atomic E-state index is -3.48. The van der Waals surface area contributed by atoms with Gasteiger partial charge in [-0.1, -0.05) is 20.3 Å². The van der Waals surface area contributed by atoms with E-state index in [9.17, 15) is 12.6 Å². The van der Waals surface area contributed by atoms with Gasteiger partial charge in [0.2, 0.25) is 10.0 Å². The van der Waals surface area contributed by atoms with Crippen molar-refractivity contribution in [3.8, 4) is 0 Å². The van der Waals surface area contributed by atoms with Crippen LogP contribution in [-0.4, -0.2) is 36.7 Å². The van der Waals surface area contributed by atoms with Crippen molar-refractivity contribution >= 4 is 20.8 Å². The molecule has 0 aliphatic carbocycles. The molecule has 0 aromatic carbocycles. The highest BCUT2D eigenvalue weighted by Gasteiger charge is 2.27. The van der Waals surface area contributed by atoms with E-state index in [2.05, 4.69) is 10.0 Å². The lowest BCUT2D eigenvalue weighted by molar-refractivity contribution is 0.560. The molecule has 0 aromatic rings. The molecule has 0 aromatic heterocycles. The highest BCUT2D eigenvalue weighted by molar-refractivity contribution is 8.05. The molecule has 0 bridgehead atoms. The van der Waals surface area contributed by atoms with Crippen LogP contribution in [0.15, 0.2) is 0 Å². The number of hydrogen-bond acceptors (Lipinski definition) is 4. The Morgan fingerprint density at radius 3 is 2.31 bits per heavy atom. The first-order valence-electron chi connectivity index (χ1n) is 5.47. The fraction of sp³-hybridized carbons (Fsp3) is 1.00.